The fourth-order valence-corrected chi connectivity index (χ4v) is 4.22. The zero-order valence-electron chi connectivity index (χ0n) is 12.6. The molecule has 1 N–H and O–H groups in total. The summed E-state index contributed by atoms with van der Waals surface area (Å²) in [6.07, 6.45) is 4.30. The van der Waals surface area contributed by atoms with Crippen LogP contribution in [0.5, 0.6) is 0 Å². The molecular weight excluding hydrogens is 262 g/mol. The lowest BCUT2D eigenvalue weighted by molar-refractivity contribution is 0.0982. The van der Waals surface area contributed by atoms with Crippen molar-refractivity contribution in [2.24, 2.45) is 5.41 Å². The maximum atomic E-state index is 11.3. The third kappa shape index (κ3) is 2.25. The fraction of sp³-hybridized carbons (Fsp3) is 0.500. The summed E-state index contributed by atoms with van der Waals surface area (Å²) in [5, 5.41) is 9.28. The standard InChI is InChI=1S/C18H23NO2/c1-3-19(17(20)21)15-8-10-18(11-9-15)12-14-6-4-5-7-16(14)13(18)2/h4-7,15H,2-3,8-12H2,1H3,(H,20,21). The Morgan fingerprint density at radius 1 is 1.38 bits per heavy atom. The quantitative estimate of drug-likeness (QED) is 0.885. The maximum absolute atomic E-state index is 11.3. The number of allylic oxidation sites excluding steroid dienone is 1. The Labute approximate surface area is 126 Å². The highest BCUT2D eigenvalue weighted by Gasteiger charge is 2.44. The summed E-state index contributed by atoms with van der Waals surface area (Å²) in [6, 6.07) is 8.73. The van der Waals surface area contributed by atoms with E-state index in [1.807, 2.05) is 6.92 Å². The molecule has 0 unspecified atom stereocenters. The van der Waals surface area contributed by atoms with Crippen molar-refractivity contribution in [2.45, 2.75) is 45.1 Å². The van der Waals surface area contributed by atoms with Gasteiger partial charge in [0.15, 0.2) is 0 Å². The van der Waals surface area contributed by atoms with Gasteiger partial charge in [-0.25, -0.2) is 4.79 Å². The first kappa shape index (κ1) is 14.2. The highest BCUT2D eigenvalue weighted by molar-refractivity contribution is 5.76. The van der Waals surface area contributed by atoms with E-state index in [1.54, 1.807) is 4.90 Å². The molecule has 2 aliphatic carbocycles. The van der Waals surface area contributed by atoms with E-state index in [4.69, 9.17) is 0 Å². The van der Waals surface area contributed by atoms with Gasteiger partial charge in [0.1, 0.15) is 0 Å². The molecule has 0 radical (unpaired) electrons. The van der Waals surface area contributed by atoms with E-state index in [0.29, 0.717) is 6.54 Å². The number of carboxylic acid groups (broad SMARTS) is 1. The predicted octanol–water partition coefficient (Wildman–Crippen LogP) is 4.18. The summed E-state index contributed by atoms with van der Waals surface area (Å²) in [5.41, 5.74) is 4.18. The molecule has 1 amide bonds. The van der Waals surface area contributed by atoms with Crippen LogP contribution in [-0.2, 0) is 6.42 Å². The largest absolute Gasteiger partial charge is 0.465 e. The Bertz CT molecular complexity index is 570. The fourth-order valence-electron chi connectivity index (χ4n) is 4.22. The summed E-state index contributed by atoms with van der Waals surface area (Å²) in [6.45, 7) is 6.86. The van der Waals surface area contributed by atoms with E-state index in [-0.39, 0.29) is 11.5 Å². The molecule has 0 atom stereocenters. The van der Waals surface area contributed by atoms with E-state index < -0.39 is 6.09 Å². The topological polar surface area (TPSA) is 40.5 Å². The number of nitrogens with zero attached hydrogens (tertiary/aromatic N) is 1. The summed E-state index contributed by atoms with van der Waals surface area (Å²) >= 11 is 0. The minimum absolute atomic E-state index is 0.176. The van der Waals surface area contributed by atoms with Crippen molar-refractivity contribution in [3.05, 3.63) is 42.0 Å². The van der Waals surface area contributed by atoms with Gasteiger partial charge in [-0.1, -0.05) is 30.8 Å². The summed E-state index contributed by atoms with van der Waals surface area (Å²) < 4.78 is 0. The van der Waals surface area contributed by atoms with Gasteiger partial charge in [0, 0.05) is 12.6 Å². The number of hydrogen-bond acceptors (Lipinski definition) is 1. The van der Waals surface area contributed by atoms with Crippen LogP contribution in [0, 0.1) is 5.41 Å². The molecule has 0 aliphatic heterocycles. The number of amides is 1. The van der Waals surface area contributed by atoms with Gasteiger partial charge in [0.25, 0.3) is 0 Å². The monoisotopic (exact) mass is 285 g/mol. The summed E-state index contributed by atoms with van der Waals surface area (Å²) in [7, 11) is 0. The zero-order valence-corrected chi connectivity index (χ0v) is 12.6. The van der Waals surface area contributed by atoms with Gasteiger partial charge in [-0.15, -0.1) is 0 Å². The van der Waals surface area contributed by atoms with Gasteiger partial charge in [-0.2, -0.15) is 0 Å². The van der Waals surface area contributed by atoms with Crippen LogP contribution >= 0.6 is 0 Å². The smallest absolute Gasteiger partial charge is 0.407 e. The highest BCUT2D eigenvalue weighted by Crippen LogP contribution is 2.54. The van der Waals surface area contributed by atoms with Crippen LogP contribution in [0.1, 0.15) is 43.7 Å². The molecule has 2 aliphatic rings. The molecule has 1 aromatic carbocycles. The Hall–Kier alpha value is -1.77. The molecule has 0 aromatic heterocycles. The van der Waals surface area contributed by atoms with Gasteiger partial charge >= 0.3 is 6.09 Å². The molecule has 1 spiro atoms. The predicted molar refractivity (Wildman–Crippen MR) is 84.3 cm³/mol. The number of benzene rings is 1. The van der Waals surface area contributed by atoms with E-state index in [2.05, 4.69) is 30.8 Å². The van der Waals surface area contributed by atoms with Crippen molar-refractivity contribution in [1.82, 2.24) is 4.90 Å². The normalized spacial score (nSPS) is 27.7. The Morgan fingerprint density at radius 3 is 2.62 bits per heavy atom. The van der Waals surface area contributed by atoms with Crippen LogP contribution in [0.4, 0.5) is 4.79 Å². The molecule has 0 saturated heterocycles. The van der Waals surface area contributed by atoms with Crippen LogP contribution in [0.25, 0.3) is 5.57 Å². The highest BCUT2D eigenvalue weighted by atomic mass is 16.4. The Kier molecular flexibility index (Phi) is 3.52. The van der Waals surface area contributed by atoms with Crippen molar-refractivity contribution >= 4 is 11.7 Å². The third-order valence-corrected chi connectivity index (χ3v) is 5.45. The number of carbonyl (C=O) groups is 1. The van der Waals surface area contributed by atoms with Crippen molar-refractivity contribution in [3.8, 4) is 0 Å². The van der Waals surface area contributed by atoms with Gasteiger partial charge in [-0.3, -0.25) is 0 Å². The third-order valence-electron chi connectivity index (χ3n) is 5.45. The molecule has 3 rings (SSSR count). The first-order valence-corrected chi connectivity index (χ1v) is 7.84. The minimum atomic E-state index is -0.785. The molecule has 1 fully saturated rings. The van der Waals surface area contributed by atoms with E-state index in [0.717, 1.165) is 32.1 Å². The van der Waals surface area contributed by atoms with Gasteiger partial charge in [0.05, 0.1) is 0 Å². The average Bonchev–Trinajstić information content (AvgIpc) is 2.75. The van der Waals surface area contributed by atoms with Gasteiger partial charge in [0.2, 0.25) is 0 Å². The van der Waals surface area contributed by atoms with Gasteiger partial charge < -0.3 is 10.0 Å². The zero-order chi connectivity index (χ0) is 15.0. The molecule has 0 heterocycles. The Balaban J connectivity index is 1.75. The van der Waals surface area contributed by atoms with Crippen LogP contribution in [-0.4, -0.2) is 28.7 Å². The van der Waals surface area contributed by atoms with Crippen molar-refractivity contribution in [1.29, 1.82) is 0 Å². The molecule has 21 heavy (non-hydrogen) atoms. The first-order chi connectivity index (χ1) is 10.1. The van der Waals surface area contributed by atoms with Crippen molar-refractivity contribution < 1.29 is 9.90 Å². The Morgan fingerprint density at radius 2 is 2.05 bits per heavy atom. The van der Waals surface area contributed by atoms with Gasteiger partial charge in [-0.05, 0) is 61.1 Å². The summed E-state index contributed by atoms with van der Waals surface area (Å²) in [5.74, 6) is 0. The molecule has 3 heteroatoms. The lowest BCUT2D eigenvalue weighted by Gasteiger charge is -2.41. The lowest BCUT2D eigenvalue weighted by Crippen LogP contribution is -2.43. The molecule has 3 nitrogen and oxygen atoms in total. The number of hydrogen-bond donors (Lipinski definition) is 1. The molecule has 1 saturated carbocycles. The molecular formula is C18H23NO2. The molecule has 0 bridgehead atoms. The van der Waals surface area contributed by atoms with Crippen LogP contribution in [0.3, 0.4) is 0 Å². The second-order valence-electron chi connectivity index (χ2n) is 6.39. The van der Waals surface area contributed by atoms with E-state index in [9.17, 15) is 9.90 Å². The van der Waals surface area contributed by atoms with Crippen LogP contribution in [0.2, 0.25) is 0 Å². The van der Waals surface area contributed by atoms with Crippen molar-refractivity contribution in [3.63, 3.8) is 0 Å². The maximum Gasteiger partial charge on any atom is 0.407 e. The number of rotatable bonds is 2. The van der Waals surface area contributed by atoms with Crippen LogP contribution in [0.15, 0.2) is 30.8 Å². The molecule has 112 valence electrons. The van der Waals surface area contributed by atoms with Crippen molar-refractivity contribution in [2.75, 3.05) is 6.54 Å². The lowest BCUT2D eigenvalue weighted by atomic mass is 9.68. The minimum Gasteiger partial charge on any atom is -0.465 e. The second-order valence-corrected chi connectivity index (χ2v) is 6.39. The second kappa shape index (κ2) is 5.21. The van der Waals surface area contributed by atoms with E-state index >= 15 is 0 Å². The van der Waals surface area contributed by atoms with Crippen LogP contribution < -0.4 is 0 Å². The van der Waals surface area contributed by atoms with E-state index in [1.165, 1.54) is 16.7 Å². The SMILES string of the molecule is C=C1c2ccccc2CC12CCC(N(CC)C(=O)O)CC2. The first-order valence-electron chi connectivity index (χ1n) is 7.84. The molecule has 1 aromatic rings. The number of fused-ring (bicyclic) bond motifs is 1. The summed E-state index contributed by atoms with van der Waals surface area (Å²) in [4.78, 5) is 12.9. The average molecular weight is 285 g/mol.